The number of thiophene rings is 2. The van der Waals surface area contributed by atoms with Gasteiger partial charge in [0, 0.05) is 56.3 Å². The molecule has 2 aromatic heterocycles. The zero-order valence-corrected chi connectivity index (χ0v) is 24.8. The van der Waals surface area contributed by atoms with Gasteiger partial charge in [-0.15, -0.1) is 22.7 Å². The summed E-state index contributed by atoms with van der Waals surface area (Å²) in [6.45, 7) is 0. The summed E-state index contributed by atoms with van der Waals surface area (Å²) in [6.07, 6.45) is 0. The Kier molecular flexibility index (Phi) is 5.88. The third kappa shape index (κ3) is 3.94. The Morgan fingerprint density at radius 3 is 1.45 bits per heavy atom. The van der Waals surface area contributed by atoms with E-state index in [0.29, 0.717) is 5.56 Å². The minimum Gasteiger partial charge on any atom is -0.309 e. The van der Waals surface area contributed by atoms with E-state index in [0.717, 1.165) is 37.8 Å². The molecular formula is C37H22NOPS2. The van der Waals surface area contributed by atoms with E-state index in [-0.39, 0.29) is 0 Å². The van der Waals surface area contributed by atoms with Crippen molar-refractivity contribution in [2.75, 3.05) is 0 Å². The van der Waals surface area contributed by atoms with Crippen LogP contribution in [0.25, 0.3) is 51.5 Å². The molecule has 0 saturated heterocycles. The van der Waals surface area contributed by atoms with E-state index in [9.17, 15) is 5.26 Å². The number of benzene rings is 6. The molecule has 0 unspecified atom stereocenters. The smallest absolute Gasteiger partial charge is 0.171 e. The second-order valence-electron chi connectivity index (χ2n) is 10.4. The quantitative estimate of drug-likeness (QED) is 0.191. The molecule has 0 N–H and O–H groups in total. The van der Waals surface area contributed by atoms with Crippen molar-refractivity contribution in [3.05, 3.63) is 139 Å². The van der Waals surface area contributed by atoms with Crippen molar-refractivity contribution in [1.29, 1.82) is 5.26 Å². The fraction of sp³-hybridized carbons (Fsp3) is 0. The molecule has 0 bridgehead atoms. The molecule has 0 saturated carbocycles. The lowest BCUT2D eigenvalue weighted by Crippen LogP contribution is -2.24. The molecule has 0 aliphatic rings. The molecule has 8 aromatic rings. The van der Waals surface area contributed by atoms with Crippen molar-refractivity contribution in [2.45, 2.75) is 0 Å². The third-order valence-corrected chi connectivity index (χ3v) is 13.3. The minimum atomic E-state index is -3.07. The maximum Gasteiger partial charge on any atom is 0.171 e. The highest BCUT2D eigenvalue weighted by Crippen LogP contribution is 2.45. The van der Waals surface area contributed by atoms with Crippen LogP contribution in [0, 0.1) is 11.3 Å². The van der Waals surface area contributed by atoms with Crippen LogP contribution in [0.4, 0.5) is 0 Å². The monoisotopic (exact) mass is 591 g/mol. The molecule has 2 heterocycles. The Morgan fingerprint density at radius 2 is 0.929 bits per heavy atom. The molecule has 0 aliphatic heterocycles. The highest BCUT2D eigenvalue weighted by Gasteiger charge is 2.30. The average Bonchev–Trinajstić information content (AvgIpc) is 3.61. The number of fused-ring (bicyclic) bond motifs is 6. The maximum absolute atomic E-state index is 15.0. The zero-order valence-electron chi connectivity index (χ0n) is 22.3. The largest absolute Gasteiger partial charge is 0.309 e. The van der Waals surface area contributed by atoms with Crippen molar-refractivity contribution in [3.63, 3.8) is 0 Å². The molecule has 6 aromatic carbocycles. The van der Waals surface area contributed by atoms with Gasteiger partial charge in [0.2, 0.25) is 0 Å². The van der Waals surface area contributed by atoms with Crippen molar-refractivity contribution >= 4 is 86.1 Å². The Bertz CT molecular complexity index is 2360. The van der Waals surface area contributed by atoms with Gasteiger partial charge in [0.05, 0.1) is 11.6 Å². The Balaban J connectivity index is 1.31. The van der Waals surface area contributed by atoms with E-state index in [1.807, 2.05) is 84.9 Å². The van der Waals surface area contributed by atoms with E-state index < -0.39 is 7.14 Å². The summed E-state index contributed by atoms with van der Waals surface area (Å²) in [5, 5.41) is 16.6. The Morgan fingerprint density at radius 1 is 0.476 bits per heavy atom. The van der Waals surface area contributed by atoms with Gasteiger partial charge in [-0.05, 0) is 71.8 Å². The summed E-state index contributed by atoms with van der Waals surface area (Å²) >= 11 is 3.52. The maximum atomic E-state index is 15.0. The topological polar surface area (TPSA) is 40.9 Å². The predicted octanol–water partition coefficient (Wildman–Crippen LogP) is 9.60. The summed E-state index contributed by atoms with van der Waals surface area (Å²) in [6, 6.07) is 47.5. The van der Waals surface area contributed by atoms with Gasteiger partial charge < -0.3 is 4.57 Å². The highest BCUT2D eigenvalue weighted by molar-refractivity contribution is 7.85. The molecule has 0 amide bonds. The molecule has 0 aliphatic carbocycles. The Hall–Kier alpha value is -4.52. The van der Waals surface area contributed by atoms with Crippen LogP contribution in [-0.2, 0) is 4.57 Å². The molecular weight excluding hydrogens is 570 g/mol. The van der Waals surface area contributed by atoms with E-state index in [1.165, 1.54) is 29.6 Å². The fourth-order valence-electron chi connectivity index (χ4n) is 5.89. The number of nitrogens with zero attached hydrogens (tertiary/aromatic N) is 1. The first-order valence-corrected chi connectivity index (χ1v) is 17.0. The van der Waals surface area contributed by atoms with Crippen molar-refractivity contribution in [3.8, 4) is 17.2 Å². The highest BCUT2D eigenvalue weighted by atomic mass is 32.1. The molecule has 5 heteroatoms. The second-order valence-corrected chi connectivity index (χ2v) is 15.3. The third-order valence-electron chi connectivity index (χ3n) is 7.99. The van der Waals surface area contributed by atoms with E-state index in [4.69, 9.17) is 0 Å². The van der Waals surface area contributed by atoms with Gasteiger partial charge in [0.1, 0.15) is 0 Å². The lowest BCUT2D eigenvalue weighted by Gasteiger charge is -2.20. The first-order chi connectivity index (χ1) is 20.6. The normalized spacial score (nSPS) is 11.9. The lowest BCUT2D eigenvalue weighted by molar-refractivity contribution is 0.592. The molecule has 198 valence electrons. The van der Waals surface area contributed by atoms with Gasteiger partial charge >= 0.3 is 0 Å². The first-order valence-electron chi connectivity index (χ1n) is 13.7. The van der Waals surface area contributed by atoms with Gasteiger partial charge in [0.25, 0.3) is 0 Å². The van der Waals surface area contributed by atoms with E-state index in [1.54, 1.807) is 22.7 Å². The molecule has 42 heavy (non-hydrogen) atoms. The van der Waals surface area contributed by atoms with Gasteiger partial charge in [-0.3, -0.25) is 0 Å². The number of hydrogen-bond donors (Lipinski definition) is 0. The standard InChI is InChI=1S/C37H22NOPS2/c38-23-24-11-15-34-30(19-24)31-20-25(12-16-35(31)41-34)26-13-17-36-32(21-26)33-22-29(14-18-37(33)42-36)40(39,27-7-3-1-4-8-27)28-9-5-2-6-10-28/h1-22H. The van der Waals surface area contributed by atoms with Crippen LogP contribution in [-0.4, -0.2) is 0 Å². The fourth-order valence-corrected chi connectivity index (χ4v) is 10.7. The number of nitriles is 1. The summed E-state index contributed by atoms with van der Waals surface area (Å²) in [5.74, 6) is 0. The predicted molar refractivity (Wildman–Crippen MR) is 182 cm³/mol. The van der Waals surface area contributed by atoms with Crippen LogP contribution in [0.1, 0.15) is 5.56 Å². The van der Waals surface area contributed by atoms with Gasteiger partial charge in [-0.25, -0.2) is 0 Å². The van der Waals surface area contributed by atoms with Crippen LogP contribution >= 0.6 is 29.8 Å². The number of hydrogen-bond acceptors (Lipinski definition) is 4. The van der Waals surface area contributed by atoms with Crippen molar-refractivity contribution in [2.24, 2.45) is 0 Å². The molecule has 8 rings (SSSR count). The average molecular weight is 592 g/mol. The Labute approximate surface area is 251 Å². The van der Waals surface area contributed by atoms with E-state index >= 15 is 4.57 Å². The zero-order chi connectivity index (χ0) is 28.3. The van der Waals surface area contributed by atoms with Crippen LogP contribution in [0.3, 0.4) is 0 Å². The van der Waals surface area contributed by atoms with Crippen LogP contribution < -0.4 is 15.9 Å². The van der Waals surface area contributed by atoms with Crippen LogP contribution in [0.5, 0.6) is 0 Å². The van der Waals surface area contributed by atoms with Gasteiger partial charge in [0.15, 0.2) is 7.14 Å². The van der Waals surface area contributed by atoms with Crippen molar-refractivity contribution in [1.82, 2.24) is 0 Å². The molecule has 0 atom stereocenters. The first kappa shape index (κ1) is 25.2. The number of rotatable bonds is 4. The summed E-state index contributed by atoms with van der Waals surface area (Å²) in [4.78, 5) is 0. The summed E-state index contributed by atoms with van der Waals surface area (Å²) in [5.41, 5.74) is 2.96. The van der Waals surface area contributed by atoms with Crippen LogP contribution in [0.2, 0.25) is 0 Å². The lowest BCUT2D eigenvalue weighted by atomic mass is 10.0. The van der Waals surface area contributed by atoms with E-state index in [2.05, 4.69) is 54.6 Å². The minimum absolute atomic E-state index is 0.679. The SMILES string of the molecule is N#Cc1ccc2sc3ccc(-c4ccc5sc6ccc(P(=O)(c7ccccc7)c7ccccc7)cc6c5c4)cc3c2c1. The van der Waals surface area contributed by atoms with Crippen molar-refractivity contribution < 1.29 is 4.57 Å². The molecule has 0 spiro atoms. The molecule has 0 fully saturated rings. The second kappa shape index (κ2) is 9.79. The summed E-state index contributed by atoms with van der Waals surface area (Å²) in [7, 11) is -3.07. The summed E-state index contributed by atoms with van der Waals surface area (Å²) < 4.78 is 19.8. The van der Waals surface area contributed by atoms with Gasteiger partial charge in [-0.1, -0.05) is 72.8 Å². The van der Waals surface area contributed by atoms with Gasteiger partial charge in [-0.2, -0.15) is 5.26 Å². The van der Waals surface area contributed by atoms with Crippen LogP contribution in [0.15, 0.2) is 133 Å². The molecule has 0 radical (unpaired) electrons. The molecule has 2 nitrogen and oxygen atoms in total.